The molecule has 3 amide bonds. The van der Waals surface area contributed by atoms with Crippen molar-refractivity contribution in [3.8, 4) is 0 Å². The maximum absolute atomic E-state index is 13.0. The molecule has 2 N–H and O–H groups in total. The molecule has 0 unspecified atom stereocenters. The summed E-state index contributed by atoms with van der Waals surface area (Å²) in [4.78, 5) is 39.4. The molecule has 1 heterocycles. The Labute approximate surface area is 233 Å². The highest BCUT2D eigenvalue weighted by atomic mass is 16.6. The second-order valence-corrected chi connectivity index (χ2v) is 11.2. The highest BCUT2D eigenvalue weighted by molar-refractivity contribution is 5.82. The number of rotatable bonds is 13. The molecule has 210 valence electrons. The Balaban J connectivity index is 1.42. The van der Waals surface area contributed by atoms with E-state index < -0.39 is 11.7 Å². The zero-order valence-corrected chi connectivity index (χ0v) is 23.6. The van der Waals surface area contributed by atoms with Crippen LogP contribution in [0, 0.1) is 5.92 Å². The van der Waals surface area contributed by atoms with Gasteiger partial charge in [-0.2, -0.15) is 0 Å². The Morgan fingerprint density at radius 1 is 1.00 bits per heavy atom. The van der Waals surface area contributed by atoms with Crippen molar-refractivity contribution < 1.29 is 19.1 Å². The normalized spacial score (nSPS) is 17.1. The average Bonchev–Trinajstić information content (AvgIpc) is 3.19. The van der Waals surface area contributed by atoms with Crippen molar-refractivity contribution in [2.75, 3.05) is 13.1 Å². The molecule has 1 aliphatic heterocycles. The number of nitrogens with zero attached hydrogens (tertiary/aromatic N) is 1. The number of hydrogen-bond acceptors (Lipinski definition) is 4. The Hall–Kier alpha value is -3.61. The van der Waals surface area contributed by atoms with E-state index in [1.807, 2.05) is 74.2 Å². The summed E-state index contributed by atoms with van der Waals surface area (Å²) in [6, 6.07) is 18.2. The van der Waals surface area contributed by atoms with Crippen LogP contribution in [0.2, 0.25) is 0 Å². The molecule has 7 nitrogen and oxygen atoms in total. The highest BCUT2D eigenvalue weighted by Gasteiger charge is 2.38. The van der Waals surface area contributed by atoms with Crippen molar-refractivity contribution in [3.05, 3.63) is 83.9 Å². The van der Waals surface area contributed by atoms with Crippen LogP contribution in [0.4, 0.5) is 4.79 Å². The quantitative estimate of drug-likeness (QED) is 0.347. The number of benzene rings is 2. The first-order chi connectivity index (χ1) is 18.6. The Morgan fingerprint density at radius 3 is 2.33 bits per heavy atom. The third-order valence-electron chi connectivity index (χ3n) is 6.82. The van der Waals surface area contributed by atoms with Crippen molar-refractivity contribution in [3.63, 3.8) is 0 Å². The lowest BCUT2D eigenvalue weighted by molar-refractivity contribution is -0.132. The minimum Gasteiger partial charge on any atom is -0.444 e. The van der Waals surface area contributed by atoms with Gasteiger partial charge in [0.25, 0.3) is 0 Å². The van der Waals surface area contributed by atoms with Crippen LogP contribution in [0.15, 0.2) is 67.3 Å². The van der Waals surface area contributed by atoms with Crippen LogP contribution in [-0.2, 0) is 33.7 Å². The lowest BCUT2D eigenvalue weighted by Gasteiger charge is -2.25. The third-order valence-corrected chi connectivity index (χ3v) is 6.82. The summed E-state index contributed by atoms with van der Waals surface area (Å²) < 4.78 is 5.26. The molecule has 1 aliphatic rings. The maximum Gasteiger partial charge on any atom is 0.407 e. The second kappa shape index (κ2) is 14.5. The summed E-state index contributed by atoms with van der Waals surface area (Å²) in [6.07, 6.45) is 5.59. The van der Waals surface area contributed by atoms with Crippen molar-refractivity contribution in [2.45, 2.75) is 77.5 Å². The molecule has 2 aromatic rings. The number of likely N-dealkylation sites (tertiary alicyclic amines) is 1. The number of nitrogens with one attached hydrogen (secondary N) is 2. The van der Waals surface area contributed by atoms with Crippen LogP contribution in [0.1, 0.15) is 63.1 Å². The smallest absolute Gasteiger partial charge is 0.407 e. The summed E-state index contributed by atoms with van der Waals surface area (Å²) in [6.45, 7) is 10.8. The summed E-state index contributed by atoms with van der Waals surface area (Å²) in [5.74, 6) is 0.0995. The summed E-state index contributed by atoms with van der Waals surface area (Å²) >= 11 is 0. The molecule has 3 rings (SSSR count). The van der Waals surface area contributed by atoms with E-state index in [9.17, 15) is 14.4 Å². The second-order valence-electron chi connectivity index (χ2n) is 11.2. The molecule has 0 aliphatic carbocycles. The molecule has 0 spiro atoms. The first-order valence-corrected chi connectivity index (χ1v) is 13.9. The van der Waals surface area contributed by atoms with E-state index in [1.54, 1.807) is 0 Å². The van der Waals surface area contributed by atoms with Crippen LogP contribution < -0.4 is 10.6 Å². The van der Waals surface area contributed by atoms with Gasteiger partial charge in [-0.1, -0.05) is 60.7 Å². The molecule has 2 atom stereocenters. The first-order valence-electron chi connectivity index (χ1n) is 13.9. The zero-order chi connectivity index (χ0) is 28.3. The van der Waals surface area contributed by atoms with Gasteiger partial charge in [-0.05, 0) is 69.6 Å². The van der Waals surface area contributed by atoms with E-state index in [0.29, 0.717) is 38.9 Å². The van der Waals surface area contributed by atoms with Crippen LogP contribution >= 0.6 is 0 Å². The standard InChI is InChI=1S/C32H43N3O4/c1-5-10-27-21-28(35(30(27)37)20-9-13-24-11-7-6-8-12-24)23-33-29(36)19-18-25-14-16-26(17-15-25)22-34-31(38)39-32(2,3)4/h5-8,11-12,14-17,27-28H,1,9-10,13,18-23H2,2-4H3,(H,33,36)(H,34,38)/t27-,28+/m1/s1. The molecule has 2 aromatic carbocycles. The average molecular weight is 534 g/mol. The van der Waals surface area contributed by atoms with E-state index in [4.69, 9.17) is 4.74 Å². The van der Waals surface area contributed by atoms with Gasteiger partial charge >= 0.3 is 6.09 Å². The van der Waals surface area contributed by atoms with E-state index in [0.717, 1.165) is 30.4 Å². The predicted octanol–water partition coefficient (Wildman–Crippen LogP) is 5.19. The maximum atomic E-state index is 13.0. The summed E-state index contributed by atoms with van der Waals surface area (Å²) in [5, 5.41) is 5.81. The Morgan fingerprint density at radius 2 is 1.67 bits per heavy atom. The molecule has 0 radical (unpaired) electrons. The first kappa shape index (κ1) is 29.9. The largest absolute Gasteiger partial charge is 0.444 e. The monoisotopic (exact) mass is 533 g/mol. The fraction of sp³-hybridized carbons (Fsp3) is 0.469. The molecule has 0 bridgehead atoms. The van der Waals surface area contributed by atoms with Crippen LogP contribution in [0.25, 0.3) is 0 Å². The number of allylic oxidation sites excluding steroid dienone is 1. The Kier molecular flexibility index (Phi) is 11.1. The molecule has 1 fully saturated rings. The van der Waals surface area contributed by atoms with Gasteiger partial charge in [0.15, 0.2) is 0 Å². The van der Waals surface area contributed by atoms with Gasteiger partial charge in [-0.3, -0.25) is 9.59 Å². The number of carbonyl (C=O) groups excluding carboxylic acids is 3. The van der Waals surface area contributed by atoms with Gasteiger partial charge in [-0.15, -0.1) is 6.58 Å². The Bertz CT molecular complexity index is 1090. The van der Waals surface area contributed by atoms with Gasteiger partial charge < -0.3 is 20.3 Å². The van der Waals surface area contributed by atoms with Gasteiger partial charge in [0.1, 0.15) is 5.60 Å². The SMILES string of the molecule is C=CC[C@@H]1C[C@@H](CNC(=O)CCc2ccc(CNC(=O)OC(C)(C)C)cc2)N(CCCc2ccccc2)C1=O. The minimum atomic E-state index is -0.532. The fourth-order valence-electron chi connectivity index (χ4n) is 4.84. The topological polar surface area (TPSA) is 87.7 Å². The molecular weight excluding hydrogens is 490 g/mol. The van der Waals surface area contributed by atoms with Gasteiger partial charge in [0.2, 0.25) is 11.8 Å². The molecule has 7 heteroatoms. The number of alkyl carbamates (subject to hydrolysis) is 1. The molecule has 0 saturated carbocycles. The number of amides is 3. The van der Waals surface area contributed by atoms with E-state index in [2.05, 4.69) is 29.3 Å². The van der Waals surface area contributed by atoms with Crippen molar-refractivity contribution >= 4 is 17.9 Å². The number of ether oxygens (including phenoxy) is 1. The number of hydrogen-bond donors (Lipinski definition) is 2. The lowest BCUT2D eigenvalue weighted by Crippen LogP contribution is -2.42. The zero-order valence-electron chi connectivity index (χ0n) is 23.6. The van der Waals surface area contributed by atoms with E-state index in [1.165, 1.54) is 5.56 Å². The van der Waals surface area contributed by atoms with Crippen LogP contribution in [0.5, 0.6) is 0 Å². The number of carbonyl (C=O) groups is 3. The molecule has 39 heavy (non-hydrogen) atoms. The van der Waals surface area contributed by atoms with Crippen LogP contribution in [0.3, 0.4) is 0 Å². The third kappa shape index (κ3) is 10.2. The molecule has 1 saturated heterocycles. The van der Waals surface area contributed by atoms with Crippen molar-refractivity contribution in [1.29, 1.82) is 0 Å². The van der Waals surface area contributed by atoms with Crippen molar-refractivity contribution in [1.82, 2.24) is 15.5 Å². The summed E-state index contributed by atoms with van der Waals surface area (Å²) in [5.41, 5.74) is 2.75. The highest BCUT2D eigenvalue weighted by Crippen LogP contribution is 2.28. The predicted molar refractivity (Wildman–Crippen MR) is 154 cm³/mol. The molecule has 0 aromatic heterocycles. The van der Waals surface area contributed by atoms with Crippen LogP contribution in [-0.4, -0.2) is 47.5 Å². The summed E-state index contributed by atoms with van der Waals surface area (Å²) in [7, 11) is 0. The lowest BCUT2D eigenvalue weighted by atomic mass is 10.0. The van der Waals surface area contributed by atoms with Crippen molar-refractivity contribution in [2.24, 2.45) is 5.92 Å². The van der Waals surface area contributed by atoms with Gasteiger partial charge in [0, 0.05) is 38.0 Å². The minimum absolute atomic E-state index is 0.0129. The van der Waals surface area contributed by atoms with Gasteiger partial charge in [0.05, 0.1) is 0 Å². The number of aryl methyl sites for hydroxylation is 2. The fourth-order valence-corrected chi connectivity index (χ4v) is 4.84. The van der Waals surface area contributed by atoms with Gasteiger partial charge in [-0.25, -0.2) is 4.79 Å². The van der Waals surface area contributed by atoms with E-state index in [-0.39, 0.29) is 23.8 Å². The molecular formula is C32H43N3O4. The van der Waals surface area contributed by atoms with E-state index >= 15 is 0 Å².